The van der Waals surface area contributed by atoms with Gasteiger partial charge in [0.2, 0.25) is 0 Å². The zero-order valence-electron chi connectivity index (χ0n) is 19.3. The van der Waals surface area contributed by atoms with Gasteiger partial charge < -0.3 is 5.11 Å². The van der Waals surface area contributed by atoms with Gasteiger partial charge in [0.05, 0.1) is 33.6 Å². The van der Waals surface area contributed by atoms with Crippen LogP contribution in [0.15, 0.2) is 4.79 Å². The predicted molar refractivity (Wildman–Crippen MR) is 122 cm³/mol. The number of aromatic amines is 1. The molecule has 0 spiro atoms. The second kappa shape index (κ2) is 8.09. The fourth-order valence-corrected chi connectivity index (χ4v) is 5.35. The number of thiophene rings is 1. The van der Waals surface area contributed by atoms with Gasteiger partial charge in [-0.15, -0.1) is 11.3 Å². The summed E-state index contributed by atoms with van der Waals surface area (Å²) in [6, 6.07) is 0. The average molecular weight is 460 g/mol. The zero-order valence-corrected chi connectivity index (χ0v) is 20.1. The van der Waals surface area contributed by atoms with Crippen LogP contribution < -0.4 is 5.56 Å². The summed E-state index contributed by atoms with van der Waals surface area (Å²) in [7, 11) is 1.61. The Bertz CT molecular complexity index is 1230. The van der Waals surface area contributed by atoms with Crippen LogP contribution in [0.4, 0.5) is 0 Å². The molecule has 1 saturated heterocycles. The Morgan fingerprint density at radius 1 is 1.38 bits per heavy atom. The maximum Gasteiger partial charge on any atom is 0.279 e. The van der Waals surface area contributed by atoms with Crippen molar-refractivity contribution in [2.45, 2.75) is 53.1 Å². The summed E-state index contributed by atoms with van der Waals surface area (Å²) in [5, 5.41) is 23.6. The number of nitrogens with one attached hydrogen (secondary N) is 1. The Morgan fingerprint density at radius 3 is 2.66 bits per heavy atom. The van der Waals surface area contributed by atoms with Crippen LogP contribution in [0.5, 0.6) is 0 Å². The molecule has 1 atom stereocenters. The van der Waals surface area contributed by atoms with Crippen molar-refractivity contribution in [3.8, 4) is 0 Å². The molecule has 0 aliphatic carbocycles. The molecule has 1 amide bonds. The van der Waals surface area contributed by atoms with E-state index < -0.39 is 11.5 Å². The first-order chi connectivity index (χ1) is 15.0. The summed E-state index contributed by atoms with van der Waals surface area (Å²) in [4.78, 5) is 33.1. The number of β-amino-alcohol motifs (C(OH)–C–C–N with tert-alkyl or cyclic N) is 1. The van der Waals surface area contributed by atoms with Crippen LogP contribution in [0.25, 0.3) is 10.1 Å². The van der Waals surface area contributed by atoms with Gasteiger partial charge in [-0.1, -0.05) is 13.8 Å². The van der Waals surface area contributed by atoms with E-state index in [0.717, 1.165) is 32.2 Å². The highest BCUT2D eigenvalue weighted by atomic mass is 32.1. The number of hydrogen-bond donors (Lipinski definition) is 2. The van der Waals surface area contributed by atoms with E-state index in [0.29, 0.717) is 29.7 Å². The lowest BCUT2D eigenvalue weighted by atomic mass is 10.0. The second-order valence-corrected chi connectivity index (χ2v) is 10.4. The fourth-order valence-electron chi connectivity index (χ4n) is 4.06. The maximum atomic E-state index is 13.6. The van der Waals surface area contributed by atoms with Crippen LogP contribution >= 0.6 is 11.3 Å². The summed E-state index contributed by atoms with van der Waals surface area (Å²) >= 11 is 1.43. The minimum atomic E-state index is -1.13. The fraction of sp³-hybridized carbons (Fsp3) is 0.545. The van der Waals surface area contributed by atoms with Crippen LogP contribution in [-0.2, 0) is 24.7 Å². The molecule has 0 aromatic carbocycles. The first kappa shape index (κ1) is 22.6. The number of hydrogen-bond acceptors (Lipinski definition) is 7. The van der Waals surface area contributed by atoms with Gasteiger partial charge in [0.1, 0.15) is 12.2 Å². The van der Waals surface area contributed by atoms with Crippen molar-refractivity contribution in [2.75, 3.05) is 13.2 Å². The molecule has 1 fully saturated rings. The molecule has 9 nitrogen and oxygen atoms in total. The Balaban J connectivity index is 1.94. The largest absolute Gasteiger partial charge is 0.386 e. The highest BCUT2D eigenvalue weighted by Gasteiger charge is 2.38. The number of fused-ring (bicyclic) bond motifs is 1. The van der Waals surface area contributed by atoms with Crippen molar-refractivity contribution in [1.82, 2.24) is 25.0 Å². The van der Waals surface area contributed by atoms with Crippen LogP contribution in [0.2, 0.25) is 0 Å². The van der Waals surface area contributed by atoms with E-state index in [2.05, 4.69) is 29.1 Å². The molecule has 172 valence electrons. The number of carbonyl (C=O) groups is 1. The SMILES string of the molecule is Cc1n[nH]c(C)c1Cc1sc2c(CC(C)C)nn(C)c(=O)c2c1C(=O)N1C[C@](C)(O)CO1. The van der Waals surface area contributed by atoms with Gasteiger partial charge in [0.15, 0.2) is 0 Å². The number of amides is 1. The van der Waals surface area contributed by atoms with Crippen LogP contribution in [0.1, 0.15) is 58.7 Å². The van der Waals surface area contributed by atoms with Crippen molar-refractivity contribution in [3.05, 3.63) is 43.4 Å². The van der Waals surface area contributed by atoms with Gasteiger partial charge in [0.25, 0.3) is 11.5 Å². The third kappa shape index (κ3) is 3.98. The summed E-state index contributed by atoms with van der Waals surface area (Å²) in [6.07, 6.45) is 1.15. The van der Waals surface area contributed by atoms with Gasteiger partial charge in [-0.3, -0.25) is 19.5 Å². The lowest BCUT2D eigenvalue weighted by Gasteiger charge is -2.16. The van der Waals surface area contributed by atoms with E-state index >= 15 is 0 Å². The van der Waals surface area contributed by atoms with Crippen LogP contribution in [0, 0.1) is 19.8 Å². The Labute approximate surface area is 190 Å². The third-order valence-electron chi connectivity index (χ3n) is 5.70. The van der Waals surface area contributed by atoms with Crippen LogP contribution in [0.3, 0.4) is 0 Å². The van der Waals surface area contributed by atoms with Crippen molar-refractivity contribution < 1.29 is 14.7 Å². The van der Waals surface area contributed by atoms with Gasteiger partial charge in [-0.25, -0.2) is 9.75 Å². The quantitative estimate of drug-likeness (QED) is 0.605. The minimum absolute atomic E-state index is 0.0221. The van der Waals surface area contributed by atoms with Crippen molar-refractivity contribution in [3.63, 3.8) is 0 Å². The number of aryl methyl sites for hydroxylation is 3. The average Bonchev–Trinajstić information content (AvgIpc) is 3.36. The first-order valence-corrected chi connectivity index (χ1v) is 11.5. The van der Waals surface area contributed by atoms with Crippen LogP contribution in [-0.4, -0.2) is 54.8 Å². The smallest absolute Gasteiger partial charge is 0.279 e. The molecule has 4 rings (SSSR count). The molecule has 1 aliphatic heterocycles. The molecule has 2 N–H and O–H groups in total. The molecule has 3 aromatic rings. The van der Waals surface area contributed by atoms with E-state index in [-0.39, 0.29) is 18.7 Å². The highest BCUT2D eigenvalue weighted by Crippen LogP contribution is 2.36. The van der Waals surface area contributed by atoms with Crippen molar-refractivity contribution >= 4 is 27.3 Å². The van der Waals surface area contributed by atoms with Gasteiger partial charge in [0, 0.05) is 29.6 Å². The molecule has 0 saturated carbocycles. The predicted octanol–water partition coefficient (Wildman–Crippen LogP) is 2.26. The third-order valence-corrected chi connectivity index (χ3v) is 6.94. The van der Waals surface area contributed by atoms with Gasteiger partial charge in [-0.05, 0) is 33.1 Å². The molecule has 0 unspecified atom stereocenters. The van der Waals surface area contributed by atoms with E-state index in [1.807, 2.05) is 13.8 Å². The summed E-state index contributed by atoms with van der Waals surface area (Å²) < 4.78 is 2.05. The maximum absolute atomic E-state index is 13.6. The topological polar surface area (TPSA) is 113 Å². The molecule has 1 aliphatic rings. The molecule has 32 heavy (non-hydrogen) atoms. The summed E-state index contributed by atoms with van der Waals surface area (Å²) in [5.74, 6) is -0.0788. The minimum Gasteiger partial charge on any atom is -0.386 e. The Kier molecular flexibility index (Phi) is 5.72. The van der Waals surface area contributed by atoms with E-state index in [1.54, 1.807) is 14.0 Å². The monoisotopic (exact) mass is 459 g/mol. The van der Waals surface area contributed by atoms with Gasteiger partial charge >= 0.3 is 0 Å². The molecule has 0 radical (unpaired) electrons. The van der Waals surface area contributed by atoms with Crippen molar-refractivity contribution in [2.24, 2.45) is 13.0 Å². The standard InChI is InChI=1S/C22H29N5O4S/c1-11(2)7-15-19-18(20(28)26(6)25-15)17(21(29)27-9-22(5,30)10-31-27)16(32-19)8-14-12(3)23-24-13(14)4/h11,30H,7-10H2,1-6H3,(H,23,24)/t22-/m0/s1. The van der Waals surface area contributed by atoms with Gasteiger partial charge in [-0.2, -0.15) is 10.2 Å². The summed E-state index contributed by atoms with van der Waals surface area (Å²) in [6.45, 7) is 9.73. The molecule has 10 heteroatoms. The number of carbonyl (C=O) groups excluding carboxylic acids is 1. The number of aliphatic hydroxyl groups is 1. The molecule has 4 heterocycles. The number of H-pyrrole nitrogens is 1. The van der Waals surface area contributed by atoms with E-state index in [1.165, 1.54) is 21.1 Å². The van der Waals surface area contributed by atoms with Crippen molar-refractivity contribution in [1.29, 1.82) is 0 Å². The molecular weight excluding hydrogens is 430 g/mol. The van der Waals surface area contributed by atoms with E-state index in [9.17, 15) is 14.7 Å². The number of aromatic nitrogens is 4. The Morgan fingerprint density at radius 2 is 2.09 bits per heavy atom. The summed E-state index contributed by atoms with van der Waals surface area (Å²) in [5.41, 5.74) is 2.46. The number of rotatable bonds is 5. The lowest BCUT2D eigenvalue weighted by molar-refractivity contribution is -0.0796. The Hall–Kier alpha value is -2.56. The zero-order chi connectivity index (χ0) is 23.4. The highest BCUT2D eigenvalue weighted by molar-refractivity contribution is 7.19. The normalized spacial score (nSPS) is 18.9. The molecular formula is C22H29N5O4S. The van der Waals surface area contributed by atoms with E-state index in [4.69, 9.17) is 4.84 Å². The number of nitrogens with zero attached hydrogens (tertiary/aromatic N) is 4. The number of hydroxylamine groups is 2. The second-order valence-electron chi connectivity index (χ2n) is 9.28. The molecule has 0 bridgehead atoms. The first-order valence-electron chi connectivity index (χ1n) is 10.7. The molecule has 3 aromatic heterocycles. The lowest BCUT2D eigenvalue weighted by Crippen LogP contribution is -2.35.